The Morgan fingerprint density at radius 2 is 2.00 bits per heavy atom. The van der Waals surface area contributed by atoms with Crippen LogP contribution in [-0.2, 0) is 14.9 Å². The number of hydrazine groups is 1. The smallest absolute Gasteiger partial charge is 0.247 e. The Kier molecular flexibility index (Phi) is 8.55. The van der Waals surface area contributed by atoms with Crippen molar-refractivity contribution in [1.29, 1.82) is 5.26 Å². The topological polar surface area (TPSA) is 117 Å². The summed E-state index contributed by atoms with van der Waals surface area (Å²) in [6.07, 6.45) is 8.41. The van der Waals surface area contributed by atoms with Gasteiger partial charge in [0.05, 0.1) is 37.2 Å². The minimum Gasteiger partial charge on any atom is -0.379 e. The normalized spacial score (nSPS) is 20.6. The molecular weight excluding hydrogens is 588 g/mol. The largest absolute Gasteiger partial charge is 0.379 e. The van der Waals surface area contributed by atoms with Gasteiger partial charge in [0, 0.05) is 74.4 Å². The maximum atomic E-state index is 13.1. The van der Waals surface area contributed by atoms with Crippen LogP contribution in [0.25, 0.3) is 5.65 Å². The first-order valence-electron chi connectivity index (χ1n) is 15.7. The van der Waals surface area contributed by atoms with Gasteiger partial charge < -0.3 is 24.9 Å². The molecule has 12 nitrogen and oxygen atoms in total. The van der Waals surface area contributed by atoms with E-state index in [1.807, 2.05) is 28.4 Å². The number of hydrogen-bond donors (Lipinski definition) is 2. The zero-order valence-electron chi connectivity index (χ0n) is 25.7. The van der Waals surface area contributed by atoms with Crippen molar-refractivity contribution in [3.63, 3.8) is 0 Å². The summed E-state index contributed by atoms with van der Waals surface area (Å²) in [6.45, 7) is 7.55. The van der Waals surface area contributed by atoms with Gasteiger partial charge in [0.2, 0.25) is 11.9 Å². The zero-order chi connectivity index (χ0) is 30.8. The molecule has 236 valence electrons. The van der Waals surface area contributed by atoms with E-state index in [1.54, 1.807) is 16.3 Å². The fourth-order valence-corrected chi connectivity index (χ4v) is 7.46. The first-order valence-corrected chi connectivity index (χ1v) is 17.0. The molecule has 3 aromatic rings. The highest BCUT2D eigenvalue weighted by Crippen LogP contribution is 2.42. The number of pyridine rings is 1. The average molecular weight is 629 g/mol. The van der Waals surface area contributed by atoms with Crippen molar-refractivity contribution < 1.29 is 9.53 Å². The van der Waals surface area contributed by atoms with Gasteiger partial charge in [0.1, 0.15) is 6.54 Å². The Hall–Kier alpha value is -3.83. The molecule has 1 amide bonds. The molecule has 0 aliphatic carbocycles. The van der Waals surface area contributed by atoms with Gasteiger partial charge in [-0.1, -0.05) is 12.1 Å². The molecule has 3 fully saturated rings. The summed E-state index contributed by atoms with van der Waals surface area (Å²) in [5.41, 5.74) is 6.97. The molecule has 45 heavy (non-hydrogen) atoms. The van der Waals surface area contributed by atoms with E-state index >= 15 is 0 Å². The third-order valence-corrected chi connectivity index (χ3v) is 10.2. The minimum absolute atomic E-state index is 0.137. The van der Waals surface area contributed by atoms with E-state index in [4.69, 9.17) is 9.72 Å². The standard InChI is InChI=1S/C32H40N10O2S/c1-45-27-5-2-4-24(18-27)32(9-10-33)22-40(23-32)28-6-3-11-42-30(28)36-31(37-42)35-25-19-34-41(20-25)21-29(43)39-12-7-26(8-13-39)38-14-16-44-17-15-38/h2-6,11,18,20,26,34H,7-9,12-17,19,21-23H2,1H3,(H,35,37). The number of thioether (sulfide) groups is 1. The number of benzene rings is 1. The highest BCUT2D eigenvalue weighted by molar-refractivity contribution is 7.98. The number of ether oxygens (including phenoxy) is 1. The Morgan fingerprint density at radius 1 is 1.18 bits per heavy atom. The van der Waals surface area contributed by atoms with E-state index in [0.717, 1.165) is 82.4 Å². The summed E-state index contributed by atoms with van der Waals surface area (Å²) >= 11 is 1.72. The van der Waals surface area contributed by atoms with Gasteiger partial charge in [-0.3, -0.25) is 9.69 Å². The Balaban J connectivity index is 0.965. The van der Waals surface area contributed by atoms with Crippen LogP contribution >= 0.6 is 11.8 Å². The molecule has 0 atom stereocenters. The molecule has 0 unspecified atom stereocenters. The zero-order valence-corrected chi connectivity index (χ0v) is 26.5. The van der Waals surface area contributed by atoms with E-state index in [0.29, 0.717) is 25.0 Å². The monoisotopic (exact) mass is 628 g/mol. The first-order chi connectivity index (χ1) is 22.0. The fraction of sp³-hybridized carbons (Fsp3) is 0.500. The Bertz CT molecular complexity index is 1600. The lowest BCUT2D eigenvalue weighted by Gasteiger charge is -2.50. The molecule has 3 saturated heterocycles. The number of rotatable bonds is 9. The van der Waals surface area contributed by atoms with Crippen molar-refractivity contribution in [2.24, 2.45) is 0 Å². The van der Waals surface area contributed by atoms with Crippen molar-refractivity contribution in [2.75, 3.05) is 82.0 Å². The molecule has 0 spiro atoms. The summed E-state index contributed by atoms with van der Waals surface area (Å²) < 4.78 is 7.28. The molecule has 7 rings (SSSR count). The summed E-state index contributed by atoms with van der Waals surface area (Å²) in [6, 6.07) is 15.6. The van der Waals surface area contributed by atoms with Gasteiger partial charge >= 0.3 is 0 Å². The van der Waals surface area contributed by atoms with Crippen LogP contribution < -0.4 is 15.6 Å². The maximum Gasteiger partial charge on any atom is 0.247 e. The fourth-order valence-electron chi connectivity index (χ4n) is 7.00. The number of hydrogen-bond acceptors (Lipinski definition) is 11. The van der Waals surface area contributed by atoms with E-state index < -0.39 is 0 Å². The molecule has 13 heteroatoms. The van der Waals surface area contributed by atoms with Crippen LogP contribution in [0, 0.1) is 11.3 Å². The van der Waals surface area contributed by atoms with Gasteiger partial charge in [-0.05, 0) is 48.9 Å². The number of amides is 1. The molecule has 4 aliphatic heterocycles. The lowest BCUT2D eigenvalue weighted by molar-refractivity contribution is -0.134. The first kappa shape index (κ1) is 29.9. The van der Waals surface area contributed by atoms with Crippen LogP contribution in [0.4, 0.5) is 11.6 Å². The maximum absolute atomic E-state index is 13.1. The lowest BCUT2D eigenvalue weighted by atomic mass is 9.71. The number of nitrogens with one attached hydrogen (secondary N) is 2. The molecule has 0 saturated carbocycles. The molecule has 6 heterocycles. The van der Waals surface area contributed by atoms with Crippen LogP contribution in [0.1, 0.15) is 24.8 Å². The number of likely N-dealkylation sites (tertiary alicyclic amines) is 1. The summed E-state index contributed by atoms with van der Waals surface area (Å²) in [7, 11) is 0. The van der Waals surface area contributed by atoms with Crippen molar-refractivity contribution in [1.82, 2.24) is 34.8 Å². The molecule has 1 aromatic carbocycles. The number of piperidine rings is 1. The third kappa shape index (κ3) is 6.20. The lowest BCUT2D eigenvalue weighted by Crippen LogP contribution is -2.59. The number of carbonyl (C=O) groups is 1. The molecule has 0 radical (unpaired) electrons. The third-order valence-electron chi connectivity index (χ3n) is 9.51. The predicted molar refractivity (Wildman–Crippen MR) is 174 cm³/mol. The van der Waals surface area contributed by atoms with E-state index in [-0.39, 0.29) is 17.9 Å². The Morgan fingerprint density at radius 3 is 2.78 bits per heavy atom. The second-order valence-electron chi connectivity index (χ2n) is 12.3. The number of carbonyl (C=O) groups excluding carboxylic acids is 1. The van der Waals surface area contributed by atoms with E-state index in [9.17, 15) is 10.1 Å². The SMILES string of the molecule is CSc1cccc(C2(CC#N)CN(c3cccn4nc(NC5=CN(CC(=O)N6CCC(N7CCOCC7)CC6)NC5)nc34)C2)c1. The van der Waals surface area contributed by atoms with E-state index in [1.165, 1.54) is 10.5 Å². The highest BCUT2D eigenvalue weighted by Gasteiger charge is 2.45. The van der Waals surface area contributed by atoms with Gasteiger partial charge in [-0.15, -0.1) is 16.9 Å². The Labute approximate surface area is 268 Å². The number of anilines is 2. The van der Waals surface area contributed by atoms with Gasteiger partial charge in [-0.2, -0.15) is 10.2 Å². The molecule has 4 aliphatic rings. The summed E-state index contributed by atoms with van der Waals surface area (Å²) in [5.74, 6) is 0.642. The van der Waals surface area contributed by atoms with Crippen LogP contribution in [0.15, 0.2) is 59.4 Å². The summed E-state index contributed by atoms with van der Waals surface area (Å²) in [4.78, 5) is 25.9. The predicted octanol–water partition coefficient (Wildman–Crippen LogP) is 2.52. The number of morpholine rings is 1. The highest BCUT2D eigenvalue weighted by atomic mass is 32.2. The molecular formula is C32H40N10O2S. The van der Waals surface area contributed by atoms with Crippen molar-refractivity contribution in [2.45, 2.75) is 35.6 Å². The number of nitrogens with zero attached hydrogens (tertiary/aromatic N) is 8. The van der Waals surface area contributed by atoms with Gasteiger partial charge in [-0.25, -0.2) is 9.94 Å². The second-order valence-corrected chi connectivity index (χ2v) is 13.2. The number of aromatic nitrogens is 3. The van der Waals surface area contributed by atoms with Crippen molar-refractivity contribution in [3.8, 4) is 6.07 Å². The van der Waals surface area contributed by atoms with Gasteiger partial charge in [0.25, 0.3) is 0 Å². The van der Waals surface area contributed by atoms with Crippen LogP contribution in [0.3, 0.4) is 0 Å². The molecule has 2 N–H and O–H groups in total. The van der Waals surface area contributed by atoms with Crippen molar-refractivity contribution in [3.05, 3.63) is 60.1 Å². The minimum atomic E-state index is -0.200. The molecule has 2 aromatic heterocycles. The van der Waals surface area contributed by atoms with Crippen LogP contribution in [0.2, 0.25) is 0 Å². The summed E-state index contributed by atoms with van der Waals surface area (Å²) in [5, 5.41) is 19.5. The average Bonchev–Trinajstić information content (AvgIpc) is 3.69. The number of fused-ring (bicyclic) bond motifs is 1. The van der Waals surface area contributed by atoms with Crippen molar-refractivity contribution >= 4 is 35.0 Å². The van der Waals surface area contributed by atoms with Crippen LogP contribution in [0.5, 0.6) is 0 Å². The quantitative estimate of drug-likeness (QED) is 0.341. The molecule has 0 bridgehead atoms. The van der Waals surface area contributed by atoms with Gasteiger partial charge in [0.15, 0.2) is 5.65 Å². The second kappa shape index (κ2) is 12.9. The van der Waals surface area contributed by atoms with E-state index in [2.05, 4.69) is 68.3 Å². The van der Waals surface area contributed by atoms with Crippen LogP contribution in [-0.4, -0.2) is 113 Å². The number of nitriles is 1.